The number of nitrogens with one attached hydrogen (secondary N) is 2. The van der Waals surface area contributed by atoms with Crippen LogP contribution in [0, 0.1) is 0 Å². The fourth-order valence-electron chi connectivity index (χ4n) is 8.39. The van der Waals surface area contributed by atoms with Gasteiger partial charge in [0, 0.05) is 47.7 Å². The van der Waals surface area contributed by atoms with Crippen molar-refractivity contribution in [1.82, 2.24) is 25.2 Å². The number of ether oxygens (including phenoxy) is 2. The average molecular weight is 868 g/mol. The lowest BCUT2D eigenvalue weighted by molar-refractivity contribution is -0.148. The van der Waals surface area contributed by atoms with E-state index in [9.17, 15) is 23.7 Å². The zero-order valence-corrected chi connectivity index (χ0v) is 35.5. The summed E-state index contributed by atoms with van der Waals surface area (Å²) >= 11 is 1.18. The van der Waals surface area contributed by atoms with Crippen molar-refractivity contribution in [2.45, 2.75) is 81.6 Å². The number of carbonyl (C=O) groups is 4. The lowest BCUT2D eigenvalue weighted by Crippen LogP contribution is -2.58. The SMILES string of the molecule is COc1ccncc1C1CN(C(=O)[C@@H]2CC[C@@H]3CCC[C@H](NC(=O)c4cc5cc([C@H](F)[P@@](=O)(N[C@@H](C)C(=O)OCc6ccccc6)Oc6ccccc6)ccc5s4)C(=O)N32)C1. The number of carbonyl (C=O) groups excluding carboxylic acids is 4. The van der Waals surface area contributed by atoms with Gasteiger partial charge in [-0.05, 0) is 91.9 Å². The Labute approximate surface area is 357 Å². The molecule has 3 amide bonds. The van der Waals surface area contributed by atoms with Gasteiger partial charge in [-0.3, -0.25) is 28.7 Å². The Morgan fingerprint density at radius 3 is 2.48 bits per heavy atom. The van der Waals surface area contributed by atoms with Crippen LogP contribution in [0.4, 0.5) is 4.39 Å². The summed E-state index contributed by atoms with van der Waals surface area (Å²) in [7, 11) is -2.89. The molecule has 3 aromatic carbocycles. The van der Waals surface area contributed by atoms with E-state index in [0.717, 1.165) is 29.7 Å². The van der Waals surface area contributed by atoms with Crippen molar-refractivity contribution < 1.29 is 42.1 Å². The van der Waals surface area contributed by atoms with Crippen LogP contribution < -0.4 is 19.7 Å². The van der Waals surface area contributed by atoms with E-state index < -0.39 is 43.4 Å². The van der Waals surface area contributed by atoms with Gasteiger partial charge in [0.1, 0.15) is 36.2 Å². The predicted octanol–water partition coefficient (Wildman–Crippen LogP) is 7.53. The molecule has 6 atom stereocenters. The summed E-state index contributed by atoms with van der Waals surface area (Å²) < 4.78 is 48.5. The number of para-hydroxylation sites is 1. The number of likely N-dealkylation sites (tertiary alicyclic amines) is 1. The number of methoxy groups -OCH3 is 1. The van der Waals surface area contributed by atoms with Crippen LogP contribution in [-0.4, -0.2) is 82.8 Å². The maximum absolute atomic E-state index is 16.7. The van der Waals surface area contributed by atoms with E-state index in [2.05, 4.69) is 15.4 Å². The van der Waals surface area contributed by atoms with Crippen molar-refractivity contribution in [2.24, 2.45) is 0 Å². The monoisotopic (exact) mass is 867 g/mol. The smallest absolute Gasteiger partial charge is 0.355 e. The number of nitrogens with zero attached hydrogens (tertiary/aromatic N) is 3. The second-order valence-electron chi connectivity index (χ2n) is 15.7. The maximum atomic E-state index is 16.7. The first kappa shape index (κ1) is 42.1. The Balaban J connectivity index is 0.941. The first-order valence-corrected chi connectivity index (χ1v) is 22.9. The van der Waals surface area contributed by atoms with Crippen molar-refractivity contribution in [1.29, 1.82) is 0 Å². The standard InChI is InChI=1S/C45H47FN5O8PS/c1-28(45(55)58-27-29-10-5-3-6-11-29)49-60(56,59-34-13-7-4-8-14-34)41(46)30-16-19-39-31(22-30)23-40(61-39)42(52)48-36-15-9-12-33-17-18-37(51(33)43(36)53)44(54)50-25-32(26-50)35-24-47-21-20-38(35)57-2/h3-8,10-11,13-14,16,19-24,28,32-33,36-37,41H,9,12,15,17-18,25-27H2,1-2H3,(H,48,52)(H,49,56)/t28-,33-,36-,37-,41+,60-/m0/s1. The van der Waals surface area contributed by atoms with Gasteiger partial charge in [-0.25, -0.2) is 9.48 Å². The van der Waals surface area contributed by atoms with Gasteiger partial charge in [0.15, 0.2) is 0 Å². The van der Waals surface area contributed by atoms with Crippen LogP contribution >= 0.6 is 18.9 Å². The Bertz CT molecular complexity index is 2450. The summed E-state index contributed by atoms with van der Waals surface area (Å²) in [6, 6.07) is 22.5. The number of alkyl halides is 1. The normalized spacial score (nSPS) is 21.0. The second-order valence-corrected chi connectivity index (χ2v) is 18.9. The van der Waals surface area contributed by atoms with E-state index in [0.29, 0.717) is 47.3 Å². The van der Waals surface area contributed by atoms with Crippen LogP contribution in [-0.2, 0) is 30.3 Å². The van der Waals surface area contributed by atoms with Gasteiger partial charge in [0.25, 0.3) is 5.91 Å². The molecule has 0 radical (unpaired) electrons. The summed E-state index contributed by atoms with van der Waals surface area (Å²) in [6.45, 7) is 2.44. The third-order valence-corrected chi connectivity index (χ3v) is 14.9. The molecule has 0 unspecified atom stereocenters. The summed E-state index contributed by atoms with van der Waals surface area (Å²) in [4.78, 5) is 62.8. The van der Waals surface area contributed by atoms with Gasteiger partial charge in [0.05, 0.1) is 12.0 Å². The van der Waals surface area contributed by atoms with E-state index in [1.54, 1.807) is 77.8 Å². The molecule has 0 spiro atoms. The molecule has 13 nitrogen and oxygen atoms in total. The molecule has 5 aromatic rings. The van der Waals surface area contributed by atoms with Gasteiger partial charge >= 0.3 is 13.5 Å². The van der Waals surface area contributed by atoms with E-state index in [1.165, 1.54) is 42.5 Å². The van der Waals surface area contributed by atoms with Gasteiger partial charge < -0.3 is 29.1 Å². The molecular weight excluding hydrogens is 821 g/mol. The Morgan fingerprint density at radius 2 is 1.72 bits per heavy atom. The number of thiophene rings is 1. The largest absolute Gasteiger partial charge is 0.496 e. The minimum absolute atomic E-state index is 0.0108. The molecule has 2 N–H and O–H groups in total. The van der Waals surface area contributed by atoms with Crippen molar-refractivity contribution in [3.8, 4) is 11.5 Å². The lowest BCUT2D eigenvalue weighted by Gasteiger charge is -2.42. The van der Waals surface area contributed by atoms with Gasteiger partial charge in [0.2, 0.25) is 17.7 Å². The molecule has 16 heteroatoms. The number of aromatic nitrogens is 1. The molecule has 61 heavy (non-hydrogen) atoms. The molecule has 3 aliphatic rings. The van der Waals surface area contributed by atoms with Crippen LogP contribution in [0.15, 0.2) is 103 Å². The fourth-order valence-corrected chi connectivity index (χ4v) is 11.2. The van der Waals surface area contributed by atoms with Crippen LogP contribution in [0.2, 0.25) is 0 Å². The predicted molar refractivity (Wildman–Crippen MR) is 228 cm³/mol. The van der Waals surface area contributed by atoms with Gasteiger partial charge in [-0.1, -0.05) is 54.6 Å². The average Bonchev–Trinajstić information content (AvgIpc) is 3.86. The molecule has 2 aromatic heterocycles. The zero-order valence-electron chi connectivity index (χ0n) is 33.8. The number of rotatable bonds is 14. The lowest BCUT2D eigenvalue weighted by atomic mass is 9.91. The van der Waals surface area contributed by atoms with Crippen LogP contribution in [0.25, 0.3) is 10.1 Å². The fraction of sp³-hybridized carbons (Fsp3) is 0.356. The Kier molecular flexibility index (Phi) is 12.5. The minimum atomic E-state index is -4.50. The van der Waals surface area contributed by atoms with Crippen LogP contribution in [0.3, 0.4) is 0 Å². The van der Waals surface area contributed by atoms with Gasteiger partial charge in [-0.2, -0.15) is 0 Å². The summed E-state index contributed by atoms with van der Waals surface area (Å²) in [5.41, 5.74) is 1.72. The van der Waals surface area contributed by atoms with Crippen molar-refractivity contribution in [3.63, 3.8) is 0 Å². The van der Waals surface area contributed by atoms with E-state index in [-0.39, 0.29) is 41.7 Å². The first-order chi connectivity index (χ1) is 29.5. The summed E-state index contributed by atoms with van der Waals surface area (Å²) in [5, 5.41) is 6.07. The number of esters is 1. The molecule has 0 bridgehead atoms. The molecule has 0 saturated carbocycles. The van der Waals surface area contributed by atoms with E-state index in [4.69, 9.17) is 14.0 Å². The number of pyridine rings is 1. The first-order valence-electron chi connectivity index (χ1n) is 20.4. The second kappa shape index (κ2) is 18.2. The minimum Gasteiger partial charge on any atom is -0.496 e. The molecule has 3 aliphatic heterocycles. The molecule has 0 aliphatic carbocycles. The van der Waals surface area contributed by atoms with E-state index in [1.807, 2.05) is 18.2 Å². The summed E-state index contributed by atoms with van der Waals surface area (Å²) in [6.07, 6.45) is 6.62. The van der Waals surface area contributed by atoms with Crippen molar-refractivity contribution in [3.05, 3.63) is 125 Å². The number of benzene rings is 3. The van der Waals surface area contributed by atoms with Crippen molar-refractivity contribution >= 4 is 52.6 Å². The van der Waals surface area contributed by atoms with Crippen LogP contribution in [0.5, 0.6) is 11.5 Å². The van der Waals surface area contributed by atoms with Crippen molar-refractivity contribution in [2.75, 3.05) is 20.2 Å². The maximum Gasteiger partial charge on any atom is 0.355 e. The number of hydrogen-bond donors (Lipinski definition) is 2. The Hall–Kier alpha value is -5.63. The molecule has 3 saturated heterocycles. The molecule has 8 rings (SSSR count). The zero-order chi connectivity index (χ0) is 42.7. The highest BCUT2D eigenvalue weighted by atomic mass is 32.1. The Morgan fingerprint density at radius 1 is 0.967 bits per heavy atom. The topological polar surface area (TPSA) is 156 Å². The van der Waals surface area contributed by atoms with E-state index >= 15 is 4.39 Å². The molecular formula is C45H47FN5O8PS. The molecule has 318 valence electrons. The number of fused-ring (bicyclic) bond motifs is 2. The third kappa shape index (κ3) is 9.05. The number of amides is 3. The highest BCUT2D eigenvalue weighted by Gasteiger charge is 2.48. The quantitative estimate of drug-likeness (QED) is 0.0845. The van der Waals surface area contributed by atoms with Crippen LogP contribution in [0.1, 0.15) is 77.2 Å². The highest BCUT2D eigenvalue weighted by Crippen LogP contribution is 2.58. The van der Waals surface area contributed by atoms with Gasteiger partial charge in [-0.15, -0.1) is 11.3 Å². The third-order valence-electron chi connectivity index (χ3n) is 11.6. The molecule has 5 heterocycles. The molecule has 3 fully saturated rings. The number of hydrogen-bond acceptors (Lipinski definition) is 10. The summed E-state index contributed by atoms with van der Waals surface area (Å²) in [5.74, 6) is -2.79. The highest BCUT2D eigenvalue weighted by molar-refractivity contribution is 7.57. The number of halogens is 1.